The zero-order valence-corrected chi connectivity index (χ0v) is 12.8. The molecule has 1 aliphatic carbocycles. The number of piperidine rings is 1. The number of hydrogen-bond donors (Lipinski definition) is 2. The molecule has 1 saturated heterocycles. The van der Waals surface area contributed by atoms with E-state index in [1.54, 1.807) is 0 Å². The third kappa shape index (κ3) is 6.17. The van der Waals surface area contributed by atoms with Gasteiger partial charge in [-0.2, -0.15) is 0 Å². The molecule has 1 saturated carbocycles. The van der Waals surface area contributed by atoms with Gasteiger partial charge < -0.3 is 15.5 Å². The van der Waals surface area contributed by atoms with Crippen molar-refractivity contribution < 1.29 is 0 Å². The number of nitrogens with zero attached hydrogens (tertiary/aromatic N) is 1. The maximum Gasteiger partial charge on any atom is 0.00884 e. The quantitative estimate of drug-likeness (QED) is 0.791. The van der Waals surface area contributed by atoms with Crippen LogP contribution in [0, 0.1) is 5.92 Å². The molecule has 2 aliphatic rings. The molecule has 0 bridgehead atoms. The van der Waals surface area contributed by atoms with E-state index in [0.29, 0.717) is 0 Å². The first-order chi connectivity index (χ1) is 8.65. The molecule has 0 aromatic heterocycles. The summed E-state index contributed by atoms with van der Waals surface area (Å²) in [5, 5.41) is 6.62. The van der Waals surface area contributed by atoms with Crippen molar-refractivity contribution in [1.29, 1.82) is 0 Å². The summed E-state index contributed by atoms with van der Waals surface area (Å²) in [5.74, 6) is 0.981. The smallest absolute Gasteiger partial charge is 0.00884 e. The van der Waals surface area contributed by atoms with Gasteiger partial charge in [-0.3, -0.25) is 0 Å². The van der Waals surface area contributed by atoms with E-state index >= 15 is 0 Å². The van der Waals surface area contributed by atoms with Crippen molar-refractivity contribution in [3.8, 4) is 0 Å². The van der Waals surface area contributed by atoms with Crippen molar-refractivity contribution in [3.05, 3.63) is 0 Å². The third-order valence-electron chi connectivity index (χ3n) is 4.55. The Bertz CT molecular complexity index is 170. The van der Waals surface area contributed by atoms with Crippen LogP contribution in [0.3, 0.4) is 0 Å². The van der Waals surface area contributed by atoms with E-state index in [0.717, 1.165) is 18.0 Å². The molecular weight excluding hydrogens is 222 g/mol. The first kappa shape index (κ1) is 15.9. The van der Waals surface area contributed by atoms with Gasteiger partial charge in [0.2, 0.25) is 0 Å². The molecule has 3 nitrogen and oxygen atoms in total. The van der Waals surface area contributed by atoms with Gasteiger partial charge in [-0.25, -0.2) is 0 Å². The minimum absolute atomic E-state index is 0.779. The molecule has 0 radical (unpaired) electrons. The predicted molar refractivity (Wildman–Crippen MR) is 80.1 cm³/mol. The molecule has 0 aromatic rings. The van der Waals surface area contributed by atoms with Gasteiger partial charge in [0.1, 0.15) is 0 Å². The summed E-state index contributed by atoms with van der Waals surface area (Å²) in [6.07, 6.45) is 8.24. The van der Waals surface area contributed by atoms with E-state index in [9.17, 15) is 0 Å². The zero-order chi connectivity index (χ0) is 13.4. The highest BCUT2D eigenvalue weighted by Crippen LogP contribution is 2.22. The van der Waals surface area contributed by atoms with Gasteiger partial charge in [0.05, 0.1) is 0 Å². The second kappa shape index (κ2) is 8.89. The fourth-order valence-corrected chi connectivity index (χ4v) is 2.85. The third-order valence-corrected chi connectivity index (χ3v) is 4.55. The van der Waals surface area contributed by atoms with E-state index in [1.165, 1.54) is 51.6 Å². The predicted octanol–water partition coefficient (Wildman–Crippen LogP) is 2.08. The molecule has 0 aromatic carbocycles. The zero-order valence-electron chi connectivity index (χ0n) is 12.8. The van der Waals surface area contributed by atoms with Gasteiger partial charge in [-0.15, -0.1) is 0 Å². The molecule has 2 rings (SSSR count). The lowest BCUT2D eigenvalue weighted by Gasteiger charge is -2.28. The van der Waals surface area contributed by atoms with Crippen LogP contribution in [0.2, 0.25) is 0 Å². The fourth-order valence-electron chi connectivity index (χ4n) is 2.85. The van der Waals surface area contributed by atoms with Crippen molar-refractivity contribution in [2.24, 2.45) is 5.92 Å². The molecule has 1 aliphatic heterocycles. The Balaban J connectivity index is 0.000000180. The first-order valence-electron chi connectivity index (χ1n) is 7.68. The van der Waals surface area contributed by atoms with Crippen LogP contribution in [-0.2, 0) is 0 Å². The molecule has 1 heterocycles. The highest BCUT2D eigenvalue weighted by atomic mass is 15.1. The van der Waals surface area contributed by atoms with Gasteiger partial charge in [-0.1, -0.05) is 6.92 Å². The van der Waals surface area contributed by atoms with E-state index < -0.39 is 0 Å². The molecule has 108 valence electrons. The van der Waals surface area contributed by atoms with Crippen molar-refractivity contribution in [2.45, 2.75) is 57.5 Å². The molecule has 2 N–H and O–H groups in total. The van der Waals surface area contributed by atoms with E-state index in [1.807, 2.05) is 0 Å². The molecule has 2 fully saturated rings. The van der Waals surface area contributed by atoms with Crippen LogP contribution in [0.15, 0.2) is 0 Å². The SMILES string of the molecule is CNC1CCC(C)CC1.CNC1CCN(C)CC1. The topological polar surface area (TPSA) is 27.3 Å². The molecule has 0 unspecified atom stereocenters. The standard InChI is InChI=1S/C8H17N.C7H16N2/c1-7-3-5-8(9-2)6-4-7;1-8-7-3-5-9(2)6-4-7/h7-9H,3-6H2,1-2H3;7-8H,3-6H2,1-2H3. The minimum Gasteiger partial charge on any atom is -0.317 e. The highest BCUT2D eigenvalue weighted by molar-refractivity contribution is 4.73. The van der Waals surface area contributed by atoms with Crippen molar-refractivity contribution in [2.75, 3.05) is 34.2 Å². The molecule has 18 heavy (non-hydrogen) atoms. The Morgan fingerprint density at radius 2 is 1.22 bits per heavy atom. The first-order valence-corrected chi connectivity index (χ1v) is 7.68. The average molecular weight is 255 g/mol. The Labute approximate surface area is 114 Å². The maximum atomic E-state index is 3.32. The number of likely N-dealkylation sites (tertiary alicyclic amines) is 1. The largest absolute Gasteiger partial charge is 0.317 e. The Hall–Kier alpha value is -0.120. The number of nitrogens with one attached hydrogen (secondary N) is 2. The van der Waals surface area contributed by atoms with E-state index in [-0.39, 0.29) is 0 Å². The fraction of sp³-hybridized carbons (Fsp3) is 1.00. The summed E-state index contributed by atoms with van der Waals surface area (Å²) in [4.78, 5) is 2.38. The lowest BCUT2D eigenvalue weighted by Crippen LogP contribution is -2.39. The van der Waals surface area contributed by atoms with Crippen LogP contribution < -0.4 is 10.6 Å². The van der Waals surface area contributed by atoms with Crippen LogP contribution in [0.25, 0.3) is 0 Å². The number of rotatable bonds is 2. The molecule has 0 amide bonds. The molecule has 3 heteroatoms. The summed E-state index contributed by atoms with van der Waals surface area (Å²) >= 11 is 0. The van der Waals surface area contributed by atoms with Gasteiger partial charge in [0.25, 0.3) is 0 Å². The second-order valence-corrected chi connectivity index (χ2v) is 6.11. The molecule has 0 atom stereocenters. The van der Waals surface area contributed by atoms with Gasteiger partial charge in [0, 0.05) is 12.1 Å². The Morgan fingerprint density at radius 3 is 1.67 bits per heavy atom. The van der Waals surface area contributed by atoms with Crippen LogP contribution in [0.4, 0.5) is 0 Å². The van der Waals surface area contributed by atoms with Crippen molar-refractivity contribution >= 4 is 0 Å². The summed E-state index contributed by atoms with van der Waals surface area (Å²) in [6.45, 7) is 4.86. The monoisotopic (exact) mass is 255 g/mol. The van der Waals surface area contributed by atoms with Crippen molar-refractivity contribution in [1.82, 2.24) is 15.5 Å². The summed E-state index contributed by atoms with van der Waals surface area (Å²) in [7, 11) is 6.31. The van der Waals surface area contributed by atoms with E-state index in [4.69, 9.17) is 0 Å². The highest BCUT2D eigenvalue weighted by Gasteiger charge is 2.15. The van der Waals surface area contributed by atoms with Crippen LogP contribution >= 0.6 is 0 Å². The average Bonchev–Trinajstić information content (AvgIpc) is 2.41. The van der Waals surface area contributed by atoms with Crippen molar-refractivity contribution in [3.63, 3.8) is 0 Å². The molecular formula is C15H33N3. The summed E-state index contributed by atoms with van der Waals surface area (Å²) in [5.41, 5.74) is 0. The lowest BCUT2D eigenvalue weighted by atomic mass is 9.87. The van der Waals surface area contributed by atoms with Crippen LogP contribution in [0.1, 0.15) is 45.4 Å². The Kier molecular flexibility index (Phi) is 7.87. The normalized spacial score (nSPS) is 30.7. The van der Waals surface area contributed by atoms with E-state index in [2.05, 4.69) is 43.6 Å². The second-order valence-electron chi connectivity index (χ2n) is 6.11. The molecule has 0 spiro atoms. The Morgan fingerprint density at radius 1 is 0.778 bits per heavy atom. The van der Waals surface area contributed by atoms with Gasteiger partial charge >= 0.3 is 0 Å². The summed E-state index contributed by atoms with van der Waals surface area (Å²) < 4.78 is 0. The van der Waals surface area contributed by atoms with Gasteiger partial charge in [0.15, 0.2) is 0 Å². The number of hydrogen-bond acceptors (Lipinski definition) is 3. The lowest BCUT2D eigenvalue weighted by molar-refractivity contribution is 0.240. The minimum atomic E-state index is 0.779. The van der Waals surface area contributed by atoms with Gasteiger partial charge in [-0.05, 0) is 78.7 Å². The van der Waals surface area contributed by atoms with Crippen LogP contribution in [0.5, 0.6) is 0 Å². The maximum absolute atomic E-state index is 3.32. The summed E-state index contributed by atoms with van der Waals surface area (Å²) in [6, 6.07) is 1.60. The van der Waals surface area contributed by atoms with Crippen LogP contribution in [-0.4, -0.2) is 51.2 Å².